The number of anilines is 1. The maximum absolute atomic E-state index is 13.2. The van der Waals surface area contributed by atoms with Crippen LogP contribution in [0.4, 0.5) is 15.0 Å². The SMILES string of the molecule is CCc1nn(C)c(NC(=O)NC[C@@H](O)CO)c1-c1ccc(F)cc1. The fraction of sp³-hybridized carbons (Fsp3) is 0.375. The zero-order chi connectivity index (χ0) is 17.7. The van der Waals surface area contributed by atoms with E-state index in [1.54, 1.807) is 23.9 Å². The van der Waals surface area contributed by atoms with Gasteiger partial charge >= 0.3 is 6.03 Å². The smallest absolute Gasteiger partial charge is 0.320 e. The number of benzene rings is 1. The van der Waals surface area contributed by atoms with Crippen LogP contribution < -0.4 is 10.6 Å². The number of rotatable bonds is 6. The summed E-state index contributed by atoms with van der Waals surface area (Å²) in [4.78, 5) is 12.0. The minimum Gasteiger partial charge on any atom is -0.394 e. The lowest BCUT2D eigenvalue weighted by Crippen LogP contribution is -2.37. The molecule has 130 valence electrons. The second kappa shape index (κ2) is 7.89. The van der Waals surface area contributed by atoms with Gasteiger partial charge in [-0.1, -0.05) is 19.1 Å². The molecule has 0 radical (unpaired) electrons. The van der Waals surface area contributed by atoms with Crippen molar-refractivity contribution in [3.8, 4) is 11.1 Å². The second-order valence-electron chi connectivity index (χ2n) is 5.33. The van der Waals surface area contributed by atoms with Gasteiger partial charge in [-0.3, -0.25) is 10.00 Å². The summed E-state index contributed by atoms with van der Waals surface area (Å²) in [6.07, 6.45) is -0.377. The predicted molar refractivity (Wildman–Crippen MR) is 88.1 cm³/mol. The quantitative estimate of drug-likeness (QED) is 0.638. The number of carbonyl (C=O) groups is 1. The molecular formula is C16H21FN4O3. The monoisotopic (exact) mass is 336 g/mol. The van der Waals surface area contributed by atoms with E-state index in [0.29, 0.717) is 12.2 Å². The van der Waals surface area contributed by atoms with E-state index in [0.717, 1.165) is 16.8 Å². The van der Waals surface area contributed by atoms with Crippen LogP contribution in [0.15, 0.2) is 24.3 Å². The normalized spacial score (nSPS) is 12.0. The van der Waals surface area contributed by atoms with Crippen LogP contribution in [0.2, 0.25) is 0 Å². The van der Waals surface area contributed by atoms with Gasteiger partial charge < -0.3 is 15.5 Å². The van der Waals surface area contributed by atoms with E-state index in [1.807, 2.05) is 6.92 Å². The lowest BCUT2D eigenvalue weighted by atomic mass is 10.0. The van der Waals surface area contributed by atoms with Crippen LogP contribution in [-0.4, -0.2) is 45.3 Å². The van der Waals surface area contributed by atoms with Crippen molar-refractivity contribution in [3.05, 3.63) is 35.8 Å². The first-order valence-electron chi connectivity index (χ1n) is 7.61. The molecule has 2 aromatic rings. The average molecular weight is 336 g/mol. The number of halogens is 1. The molecule has 0 aliphatic heterocycles. The molecule has 0 saturated carbocycles. The summed E-state index contributed by atoms with van der Waals surface area (Å²) in [7, 11) is 1.70. The van der Waals surface area contributed by atoms with Crippen LogP contribution in [0.25, 0.3) is 11.1 Å². The Labute approximate surface area is 139 Å². The molecule has 2 amide bonds. The third-order valence-corrected chi connectivity index (χ3v) is 3.53. The Kier molecular flexibility index (Phi) is 5.88. The highest BCUT2D eigenvalue weighted by molar-refractivity contribution is 5.93. The van der Waals surface area contributed by atoms with Crippen molar-refractivity contribution in [3.63, 3.8) is 0 Å². The fourth-order valence-electron chi connectivity index (χ4n) is 2.32. The highest BCUT2D eigenvalue weighted by Gasteiger charge is 2.19. The number of aryl methyl sites for hydroxylation is 2. The van der Waals surface area contributed by atoms with Gasteiger partial charge in [-0.2, -0.15) is 5.10 Å². The summed E-state index contributed by atoms with van der Waals surface area (Å²) in [6, 6.07) is 5.43. The molecule has 8 heteroatoms. The zero-order valence-corrected chi connectivity index (χ0v) is 13.6. The van der Waals surface area contributed by atoms with Gasteiger partial charge in [-0.15, -0.1) is 0 Å². The summed E-state index contributed by atoms with van der Waals surface area (Å²) < 4.78 is 14.7. The molecule has 7 nitrogen and oxygen atoms in total. The third kappa shape index (κ3) is 4.09. The van der Waals surface area contributed by atoms with E-state index in [-0.39, 0.29) is 12.4 Å². The molecular weight excluding hydrogens is 315 g/mol. The molecule has 4 N–H and O–H groups in total. The van der Waals surface area contributed by atoms with Crippen LogP contribution in [0.5, 0.6) is 0 Å². The molecule has 24 heavy (non-hydrogen) atoms. The molecule has 0 bridgehead atoms. The van der Waals surface area contributed by atoms with Crippen molar-refractivity contribution in [2.24, 2.45) is 7.05 Å². The Hall–Kier alpha value is -2.45. The Morgan fingerprint density at radius 3 is 2.62 bits per heavy atom. The molecule has 2 rings (SSSR count). The number of urea groups is 1. The molecule has 1 aromatic carbocycles. The first-order chi connectivity index (χ1) is 11.5. The first-order valence-corrected chi connectivity index (χ1v) is 7.61. The summed E-state index contributed by atoms with van der Waals surface area (Å²) >= 11 is 0. The van der Waals surface area contributed by atoms with Gasteiger partial charge in [-0.25, -0.2) is 9.18 Å². The molecule has 1 heterocycles. The number of hydrogen-bond donors (Lipinski definition) is 4. The van der Waals surface area contributed by atoms with Crippen molar-refractivity contribution in [2.45, 2.75) is 19.4 Å². The number of nitrogens with zero attached hydrogens (tertiary/aromatic N) is 2. The van der Waals surface area contributed by atoms with E-state index in [9.17, 15) is 14.3 Å². The zero-order valence-electron chi connectivity index (χ0n) is 13.6. The molecule has 0 saturated heterocycles. The van der Waals surface area contributed by atoms with Gasteiger partial charge in [0.15, 0.2) is 0 Å². The van der Waals surface area contributed by atoms with Crippen molar-refractivity contribution in [1.29, 1.82) is 0 Å². The lowest BCUT2D eigenvalue weighted by molar-refractivity contribution is 0.0965. The minimum atomic E-state index is -1.02. The van der Waals surface area contributed by atoms with Gasteiger partial charge in [0.1, 0.15) is 11.6 Å². The number of amides is 2. The molecule has 0 spiro atoms. The van der Waals surface area contributed by atoms with Crippen LogP contribution in [0.1, 0.15) is 12.6 Å². The molecule has 1 atom stereocenters. The first kappa shape index (κ1) is 17.9. The average Bonchev–Trinajstić information content (AvgIpc) is 2.89. The van der Waals surface area contributed by atoms with Gasteiger partial charge in [0.2, 0.25) is 0 Å². The number of aromatic nitrogens is 2. The lowest BCUT2D eigenvalue weighted by Gasteiger charge is -2.12. The topological polar surface area (TPSA) is 99.4 Å². The molecule has 0 aliphatic carbocycles. The van der Waals surface area contributed by atoms with Crippen molar-refractivity contribution in [1.82, 2.24) is 15.1 Å². The van der Waals surface area contributed by atoms with E-state index in [4.69, 9.17) is 5.11 Å². The number of hydrogen-bond acceptors (Lipinski definition) is 4. The minimum absolute atomic E-state index is 0.0767. The Morgan fingerprint density at radius 2 is 2.04 bits per heavy atom. The van der Waals surface area contributed by atoms with Gasteiger partial charge in [0.25, 0.3) is 0 Å². The Morgan fingerprint density at radius 1 is 1.38 bits per heavy atom. The maximum Gasteiger partial charge on any atom is 0.320 e. The summed E-state index contributed by atoms with van der Waals surface area (Å²) in [5.41, 5.74) is 2.24. The van der Waals surface area contributed by atoms with Crippen LogP contribution >= 0.6 is 0 Å². The van der Waals surface area contributed by atoms with Crippen molar-refractivity contribution < 1.29 is 19.4 Å². The molecule has 1 aromatic heterocycles. The number of aliphatic hydroxyl groups excluding tert-OH is 2. The van der Waals surface area contributed by atoms with E-state index < -0.39 is 18.7 Å². The predicted octanol–water partition coefficient (Wildman–Crippen LogP) is 1.26. The van der Waals surface area contributed by atoms with E-state index >= 15 is 0 Å². The second-order valence-corrected chi connectivity index (χ2v) is 5.33. The Balaban J connectivity index is 2.27. The molecule has 0 fully saturated rings. The standard InChI is InChI=1S/C16H21FN4O3/c1-3-13-14(10-4-6-11(17)7-5-10)15(21(2)20-13)19-16(24)18-8-12(23)9-22/h4-7,12,22-23H,3,8-9H2,1-2H3,(H2,18,19,24)/t12-/m1/s1. The summed E-state index contributed by atoms with van der Waals surface area (Å²) in [6.45, 7) is 1.43. The van der Waals surface area contributed by atoms with E-state index in [1.165, 1.54) is 12.1 Å². The van der Waals surface area contributed by atoms with Gasteiger partial charge in [0.05, 0.1) is 18.4 Å². The van der Waals surface area contributed by atoms with Crippen LogP contribution in [0, 0.1) is 5.82 Å². The maximum atomic E-state index is 13.2. The molecule has 0 aliphatic rings. The van der Waals surface area contributed by atoms with Crippen LogP contribution in [-0.2, 0) is 13.5 Å². The highest BCUT2D eigenvalue weighted by Crippen LogP contribution is 2.31. The van der Waals surface area contributed by atoms with Gasteiger partial charge in [-0.05, 0) is 24.1 Å². The third-order valence-electron chi connectivity index (χ3n) is 3.53. The van der Waals surface area contributed by atoms with Crippen molar-refractivity contribution in [2.75, 3.05) is 18.5 Å². The fourth-order valence-corrected chi connectivity index (χ4v) is 2.32. The van der Waals surface area contributed by atoms with Gasteiger partial charge in [0, 0.05) is 19.2 Å². The molecule has 0 unspecified atom stereocenters. The van der Waals surface area contributed by atoms with Crippen LogP contribution in [0.3, 0.4) is 0 Å². The number of carbonyl (C=O) groups excluding carboxylic acids is 1. The van der Waals surface area contributed by atoms with Crippen molar-refractivity contribution >= 4 is 11.8 Å². The summed E-state index contributed by atoms with van der Waals surface area (Å²) in [5.74, 6) is 0.125. The number of aliphatic hydroxyl groups is 2. The highest BCUT2D eigenvalue weighted by atomic mass is 19.1. The summed E-state index contributed by atoms with van der Waals surface area (Å²) in [5, 5.41) is 27.6. The Bertz CT molecular complexity index is 700. The van der Waals surface area contributed by atoms with E-state index in [2.05, 4.69) is 15.7 Å². The largest absolute Gasteiger partial charge is 0.394 e. The number of nitrogens with one attached hydrogen (secondary N) is 2.